The summed E-state index contributed by atoms with van der Waals surface area (Å²) >= 11 is 11.9. The highest BCUT2D eigenvalue weighted by atomic mass is 35.5. The number of hydrogen-bond acceptors (Lipinski definition) is 3. The van der Waals surface area contributed by atoms with Crippen LogP contribution in [-0.4, -0.2) is 5.78 Å². The van der Waals surface area contributed by atoms with Gasteiger partial charge >= 0.3 is 0 Å². The van der Waals surface area contributed by atoms with Crippen molar-refractivity contribution < 1.29 is 9.53 Å². The number of Topliss-reactive ketones (excluding diaryl/α,β-unsaturated/α-hetero) is 1. The monoisotopic (exact) mass is 295 g/mol. The topological polar surface area (TPSA) is 52.3 Å². The highest BCUT2D eigenvalue weighted by Crippen LogP contribution is 2.34. The fraction of sp³-hybridized carbons (Fsp3) is 0.0714. The van der Waals surface area contributed by atoms with Gasteiger partial charge in [-0.3, -0.25) is 4.79 Å². The predicted molar refractivity (Wildman–Crippen MR) is 77.4 cm³/mol. The average Bonchev–Trinajstić information content (AvgIpc) is 2.36. The molecule has 0 aromatic heterocycles. The summed E-state index contributed by atoms with van der Waals surface area (Å²) in [5.74, 6) is 0.695. The Labute approximate surface area is 120 Å². The molecule has 2 aromatic rings. The number of nitrogens with two attached hydrogens (primary N) is 1. The maximum Gasteiger partial charge on any atom is 0.159 e. The van der Waals surface area contributed by atoms with Crippen LogP contribution in [0.25, 0.3) is 0 Å². The number of ketones is 1. The molecule has 0 atom stereocenters. The molecule has 0 aliphatic carbocycles. The fourth-order valence-electron chi connectivity index (χ4n) is 1.52. The molecule has 0 saturated carbocycles. The van der Waals surface area contributed by atoms with Crippen molar-refractivity contribution in [1.82, 2.24) is 0 Å². The summed E-state index contributed by atoms with van der Waals surface area (Å²) in [6.07, 6.45) is 0. The molecule has 2 aromatic carbocycles. The molecular formula is C14H11Cl2NO2. The number of carbonyl (C=O) groups is 1. The molecule has 0 saturated heterocycles. The van der Waals surface area contributed by atoms with E-state index in [2.05, 4.69) is 0 Å². The zero-order valence-corrected chi connectivity index (χ0v) is 11.6. The van der Waals surface area contributed by atoms with Gasteiger partial charge in [0.05, 0.1) is 10.7 Å². The van der Waals surface area contributed by atoms with Gasteiger partial charge in [0.25, 0.3) is 0 Å². The Hall–Kier alpha value is -1.71. The molecule has 3 nitrogen and oxygen atoms in total. The summed E-state index contributed by atoms with van der Waals surface area (Å²) in [6, 6.07) is 9.71. The molecule has 98 valence electrons. The van der Waals surface area contributed by atoms with Gasteiger partial charge in [-0.2, -0.15) is 0 Å². The Morgan fingerprint density at radius 3 is 2.53 bits per heavy atom. The highest BCUT2D eigenvalue weighted by molar-refractivity contribution is 6.34. The summed E-state index contributed by atoms with van der Waals surface area (Å²) in [6.45, 7) is 1.47. The van der Waals surface area contributed by atoms with Crippen molar-refractivity contribution in [3.8, 4) is 11.5 Å². The van der Waals surface area contributed by atoms with Crippen LogP contribution in [0.2, 0.25) is 10.0 Å². The lowest BCUT2D eigenvalue weighted by Crippen LogP contribution is -1.97. The van der Waals surface area contributed by atoms with E-state index in [0.29, 0.717) is 32.8 Å². The smallest absolute Gasteiger partial charge is 0.159 e. The molecule has 0 bridgehead atoms. The number of halogens is 2. The molecule has 0 spiro atoms. The van der Waals surface area contributed by atoms with E-state index in [1.165, 1.54) is 6.92 Å². The van der Waals surface area contributed by atoms with Gasteiger partial charge < -0.3 is 10.5 Å². The van der Waals surface area contributed by atoms with Crippen LogP contribution in [0.3, 0.4) is 0 Å². The van der Waals surface area contributed by atoms with Gasteiger partial charge in [-0.15, -0.1) is 0 Å². The van der Waals surface area contributed by atoms with Crippen molar-refractivity contribution in [1.29, 1.82) is 0 Å². The Balaban J connectivity index is 2.40. The zero-order valence-electron chi connectivity index (χ0n) is 10.1. The van der Waals surface area contributed by atoms with Gasteiger partial charge in [-0.25, -0.2) is 0 Å². The van der Waals surface area contributed by atoms with Crippen molar-refractivity contribution >= 4 is 34.7 Å². The van der Waals surface area contributed by atoms with Crippen molar-refractivity contribution in [2.45, 2.75) is 6.92 Å². The molecule has 0 aliphatic rings. The van der Waals surface area contributed by atoms with E-state index in [1.807, 2.05) is 0 Å². The highest BCUT2D eigenvalue weighted by Gasteiger charge is 2.09. The van der Waals surface area contributed by atoms with Crippen LogP contribution in [0.1, 0.15) is 17.3 Å². The van der Waals surface area contributed by atoms with Crippen molar-refractivity contribution in [3.63, 3.8) is 0 Å². The van der Waals surface area contributed by atoms with Gasteiger partial charge in [0.15, 0.2) is 11.5 Å². The molecule has 0 unspecified atom stereocenters. The third kappa shape index (κ3) is 3.19. The first-order chi connectivity index (χ1) is 8.97. The lowest BCUT2D eigenvalue weighted by atomic mass is 10.1. The van der Waals surface area contributed by atoms with E-state index < -0.39 is 0 Å². The number of anilines is 1. The summed E-state index contributed by atoms with van der Waals surface area (Å²) < 4.78 is 5.62. The Morgan fingerprint density at radius 2 is 1.84 bits per heavy atom. The van der Waals surface area contributed by atoms with Gasteiger partial charge in [0, 0.05) is 16.7 Å². The quantitative estimate of drug-likeness (QED) is 0.666. The van der Waals surface area contributed by atoms with Crippen LogP contribution in [0.5, 0.6) is 11.5 Å². The lowest BCUT2D eigenvalue weighted by molar-refractivity contribution is 0.101. The number of rotatable bonds is 3. The molecule has 0 heterocycles. The van der Waals surface area contributed by atoms with Gasteiger partial charge in [0.1, 0.15) is 5.75 Å². The summed E-state index contributed by atoms with van der Waals surface area (Å²) in [5.41, 5.74) is 6.75. The first kappa shape index (κ1) is 13.7. The van der Waals surface area contributed by atoms with E-state index in [1.54, 1.807) is 36.4 Å². The number of carbonyl (C=O) groups excluding carboxylic acids is 1. The average molecular weight is 296 g/mol. The minimum atomic E-state index is -0.0676. The second-order valence-electron chi connectivity index (χ2n) is 3.99. The van der Waals surface area contributed by atoms with E-state index in [9.17, 15) is 4.79 Å². The van der Waals surface area contributed by atoms with Crippen molar-refractivity contribution in [2.24, 2.45) is 0 Å². The third-order valence-electron chi connectivity index (χ3n) is 2.53. The van der Waals surface area contributed by atoms with Gasteiger partial charge in [-0.1, -0.05) is 23.2 Å². The first-order valence-electron chi connectivity index (χ1n) is 5.51. The number of ether oxygens (including phenoxy) is 1. The second kappa shape index (κ2) is 5.51. The maximum absolute atomic E-state index is 11.3. The van der Waals surface area contributed by atoms with Crippen LogP contribution in [0, 0.1) is 0 Å². The SMILES string of the molecule is CC(=O)c1ccc(N)c(Oc2cc(Cl)ccc2Cl)c1. The summed E-state index contributed by atoms with van der Waals surface area (Å²) in [5, 5.41) is 0.915. The van der Waals surface area contributed by atoms with Crippen LogP contribution < -0.4 is 10.5 Å². The molecular weight excluding hydrogens is 285 g/mol. The second-order valence-corrected chi connectivity index (χ2v) is 4.83. The largest absolute Gasteiger partial charge is 0.454 e. The molecule has 0 aliphatic heterocycles. The van der Waals surface area contributed by atoms with E-state index in [4.69, 9.17) is 33.7 Å². The van der Waals surface area contributed by atoms with Crippen LogP contribution in [0.15, 0.2) is 36.4 Å². The van der Waals surface area contributed by atoms with Crippen molar-refractivity contribution in [2.75, 3.05) is 5.73 Å². The number of hydrogen-bond donors (Lipinski definition) is 1. The van der Waals surface area contributed by atoms with Crippen LogP contribution in [0.4, 0.5) is 5.69 Å². The standard InChI is InChI=1S/C14H11Cl2NO2/c1-8(18)9-2-5-12(17)14(6-9)19-13-7-10(15)3-4-11(13)16/h2-7H,17H2,1H3. The van der Waals surface area contributed by atoms with Gasteiger partial charge in [0.2, 0.25) is 0 Å². The number of benzene rings is 2. The zero-order chi connectivity index (χ0) is 14.0. The van der Waals surface area contributed by atoms with E-state index >= 15 is 0 Å². The van der Waals surface area contributed by atoms with E-state index in [0.717, 1.165) is 0 Å². The Bertz CT molecular complexity index is 641. The van der Waals surface area contributed by atoms with Crippen LogP contribution in [-0.2, 0) is 0 Å². The number of nitrogen functional groups attached to an aromatic ring is 1. The molecule has 0 radical (unpaired) electrons. The Morgan fingerprint density at radius 1 is 1.11 bits per heavy atom. The molecule has 2 rings (SSSR count). The summed E-state index contributed by atoms with van der Waals surface area (Å²) in [4.78, 5) is 11.3. The van der Waals surface area contributed by atoms with Crippen molar-refractivity contribution in [3.05, 3.63) is 52.0 Å². The lowest BCUT2D eigenvalue weighted by Gasteiger charge is -2.11. The van der Waals surface area contributed by atoms with E-state index in [-0.39, 0.29) is 5.78 Å². The molecule has 0 fully saturated rings. The third-order valence-corrected chi connectivity index (χ3v) is 3.08. The molecule has 0 amide bonds. The predicted octanol–water partition coefficient (Wildman–Crippen LogP) is 4.57. The Kier molecular flexibility index (Phi) is 3.98. The maximum atomic E-state index is 11.3. The minimum Gasteiger partial charge on any atom is -0.454 e. The molecule has 2 N–H and O–H groups in total. The van der Waals surface area contributed by atoms with Crippen LogP contribution >= 0.6 is 23.2 Å². The first-order valence-corrected chi connectivity index (χ1v) is 6.26. The summed E-state index contributed by atoms with van der Waals surface area (Å²) in [7, 11) is 0. The van der Waals surface area contributed by atoms with Gasteiger partial charge in [-0.05, 0) is 37.3 Å². The molecule has 5 heteroatoms. The fourth-order valence-corrected chi connectivity index (χ4v) is 1.83. The molecule has 19 heavy (non-hydrogen) atoms. The normalized spacial score (nSPS) is 10.3. The minimum absolute atomic E-state index is 0.0676.